The molecule has 0 bridgehead atoms. The van der Waals surface area contributed by atoms with E-state index in [4.69, 9.17) is 0 Å². The van der Waals surface area contributed by atoms with E-state index in [0.29, 0.717) is 23.5 Å². The molecule has 4 rings (SSSR count). The molecule has 2 saturated carbocycles. The van der Waals surface area contributed by atoms with Gasteiger partial charge in [0.15, 0.2) is 0 Å². The van der Waals surface area contributed by atoms with Crippen molar-refractivity contribution in [2.45, 2.75) is 57.1 Å². The summed E-state index contributed by atoms with van der Waals surface area (Å²) >= 11 is 0. The number of ketones is 1. The average molecular weight is 419 g/mol. The Hall–Kier alpha value is -0.0561. The molecule has 4 atom stereocenters. The molecule has 0 spiro atoms. The van der Waals surface area contributed by atoms with Gasteiger partial charge in [-0.2, -0.15) is 34.9 Å². The Balaban J connectivity index is 0.00000169. The van der Waals surface area contributed by atoms with Crippen LogP contribution in [0.2, 0.25) is 0 Å². The summed E-state index contributed by atoms with van der Waals surface area (Å²) < 4.78 is 22.0. The normalized spacial score (nSPS) is 34.2. The van der Waals surface area contributed by atoms with Gasteiger partial charge in [-0.15, -0.1) is 0 Å². The summed E-state index contributed by atoms with van der Waals surface area (Å²) in [5.41, 5.74) is 3.34. The summed E-state index contributed by atoms with van der Waals surface area (Å²) in [6, 6.07) is 7.21. The van der Waals surface area contributed by atoms with Gasteiger partial charge in [-0.3, -0.25) is 4.79 Å². The minimum atomic E-state index is -2.07. The first kappa shape index (κ1) is 18.7. The molecule has 0 N–H and O–H groups in total. The summed E-state index contributed by atoms with van der Waals surface area (Å²) in [7, 11) is -2.07. The van der Waals surface area contributed by atoms with Crippen LogP contribution in [0.4, 0.5) is 0 Å². The third kappa shape index (κ3) is 2.97. The van der Waals surface area contributed by atoms with Crippen molar-refractivity contribution in [1.82, 2.24) is 0 Å². The molecule has 0 aromatic heterocycles. The second kappa shape index (κ2) is 6.92. The van der Waals surface area contributed by atoms with E-state index in [1.807, 2.05) is 6.07 Å². The number of rotatable bonds is 2. The number of benzene rings is 1. The van der Waals surface area contributed by atoms with E-state index in [1.165, 1.54) is 11.1 Å². The smallest absolute Gasteiger partial charge is 0.139 e. The number of aryl methyl sites for hydroxylation is 1. The second-order valence-electron chi connectivity index (χ2n) is 7.72. The number of carbonyl (C=O) groups is 1. The average Bonchev–Trinajstić information content (AvgIpc) is 2.82. The van der Waals surface area contributed by atoms with Gasteiger partial charge in [0.05, 0.1) is 0 Å². The van der Waals surface area contributed by atoms with Gasteiger partial charge in [-0.1, -0.05) is 36.2 Å². The molecule has 0 saturated heterocycles. The Bertz CT molecular complexity index is 734. The zero-order valence-corrected chi connectivity index (χ0v) is 17.7. The number of hydrogen-bond acceptors (Lipinski definition) is 4. The number of hydrogen-bond donors (Lipinski definition) is 0. The maximum absolute atomic E-state index is 12.4. The summed E-state index contributed by atoms with van der Waals surface area (Å²) in [5, 5.41) is 0. The van der Waals surface area contributed by atoms with Crippen molar-refractivity contribution in [3.05, 3.63) is 34.9 Å². The Kier molecular flexibility index (Phi) is 5.40. The van der Waals surface area contributed by atoms with Crippen molar-refractivity contribution in [2.75, 3.05) is 0 Å². The molecule has 3 aliphatic carbocycles. The van der Waals surface area contributed by atoms with Crippen LogP contribution < -0.4 is 0 Å². The van der Waals surface area contributed by atoms with Crippen LogP contribution in [-0.2, 0) is 68.8 Å². The van der Waals surface area contributed by atoms with Gasteiger partial charge in [0, 0.05) is 44.5 Å². The Morgan fingerprint density at radius 3 is 2.79 bits per heavy atom. The van der Waals surface area contributed by atoms with Gasteiger partial charge in [0.1, 0.15) is 5.78 Å². The van der Waals surface area contributed by atoms with Crippen molar-refractivity contribution in [1.29, 1.82) is 0 Å². The first-order chi connectivity index (χ1) is 11.0. The molecule has 0 heterocycles. The van der Waals surface area contributed by atoms with E-state index in [0.717, 1.165) is 44.1 Å². The molecule has 5 heteroatoms. The minimum absolute atomic E-state index is 0. The van der Waals surface area contributed by atoms with Crippen LogP contribution in [0.3, 0.4) is 0 Å². The van der Waals surface area contributed by atoms with Crippen molar-refractivity contribution in [3.63, 3.8) is 0 Å². The molecule has 1 radical (unpaired) electrons. The second-order valence-corrected chi connectivity index (χ2v) is 8.62. The van der Waals surface area contributed by atoms with E-state index in [-0.39, 0.29) is 43.9 Å². The molecule has 3 nitrogen and oxygen atoms in total. The summed E-state index contributed by atoms with van der Waals surface area (Å²) in [4.78, 5) is 12.4. The number of fused-ring (bicyclic) bond motifs is 5. The molecular formula is C19H22O3SY-2. The van der Waals surface area contributed by atoms with Crippen LogP contribution in [0.1, 0.15) is 61.6 Å². The quantitative estimate of drug-likeness (QED) is 0.543. The summed E-state index contributed by atoms with van der Waals surface area (Å²) in [6.45, 7) is 2.18. The SMILES string of the molecule is CC12CCC3c4cc(C[S-](=O)=O)[c-]cc4CCC3C1CCC2=O.[Y]. The number of carbonyl (C=O) groups excluding carboxylic acids is 1. The maximum Gasteiger partial charge on any atom is 0.139 e. The van der Waals surface area contributed by atoms with E-state index >= 15 is 0 Å². The van der Waals surface area contributed by atoms with Crippen LogP contribution in [0, 0.1) is 23.3 Å². The Labute approximate surface area is 170 Å². The fraction of sp³-hybridized carbons (Fsp3) is 0.632. The standard InChI is InChI=1S/C19H22O3S.Y/c1-19-9-8-14-15(17(19)6-7-18(19)20)5-4-13-3-2-12(10-16(13)14)11-23(21)22;/h3,10,14-15,17H,4-9,11H2,1H3;/q-2;. The number of Topliss-reactive ketones (excluding diaryl/α,β-unsaturated/α-hetero) is 1. The molecule has 4 unspecified atom stereocenters. The van der Waals surface area contributed by atoms with Gasteiger partial charge in [-0.05, 0) is 37.0 Å². The van der Waals surface area contributed by atoms with Crippen LogP contribution in [0.15, 0.2) is 12.1 Å². The summed E-state index contributed by atoms with van der Waals surface area (Å²) in [6.07, 6.45) is 6.03. The first-order valence-corrected chi connectivity index (χ1v) is 9.86. The zero-order chi connectivity index (χ0) is 16.2. The Morgan fingerprint density at radius 1 is 1.25 bits per heavy atom. The van der Waals surface area contributed by atoms with E-state index in [1.54, 1.807) is 0 Å². The molecule has 1 aromatic carbocycles. The minimum Gasteiger partial charge on any atom is -0.424 e. The van der Waals surface area contributed by atoms with E-state index in [2.05, 4.69) is 19.1 Å². The molecule has 0 amide bonds. The molecular weight excluding hydrogens is 397 g/mol. The molecule has 3 aliphatic rings. The molecule has 0 aliphatic heterocycles. The molecule has 2 fully saturated rings. The van der Waals surface area contributed by atoms with Crippen LogP contribution in [-0.4, -0.2) is 5.78 Å². The maximum atomic E-state index is 12.4. The van der Waals surface area contributed by atoms with E-state index in [9.17, 15) is 13.2 Å². The molecule has 127 valence electrons. The predicted octanol–water partition coefficient (Wildman–Crippen LogP) is 3.72. The van der Waals surface area contributed by atoms with Crippen molar-refractivity contribution >= 4 is 16.5 Å². The predicted molar refractivity (Wildman–Crippen MR) is 87.3 cm³/mol. The fourth-order valence-electron chi connectivity index (χ4n) is 5.53. The van der Waals surface area contributed by atoms with Crippen LogP contribution >= 0.6 is 0 Å². The van der Waals surface area contributed by atoms with Crippen LogP contribution in [0.25, 0.3) is 0 Å². The Morgan fingerprint density at radius 2 is 2.04 bits per heavy atom. The summed E-state index contributed by atoms with van der Waals surface area (Å²) in [5.74, 6) is 2.11. The fourth-order valence-corrected chi connectivity index (χ4v) is 5.95. The van der Waals surface area contributed by atoms with Crippen molar-refractivity contribution in [2.24, 2.45) is 17.3 Å². The monoisotopic (exact) mass is 419 g/mol. The van der Waals surface area contributed by atoms with Crippen molar-refractivity contribution < 1.29 is 45.9 Å². The van der Waals surface area contributed by atoms with Gasteiger partial charge in [0.2, 0.25) is 0 Å². The largest absolute Gasteiger partial charge is 0.424 e. The first-order valence-electron chi connectivity index (χ1n) is 8.61. The van der Waals surface area contributed by atoms with E-state index < -0.39 is 10.7 Å². The topological polar surface area (TPSA) is 51.2 Å². The van der Waals surface area contributed by atoms with Crippen LogP contribution in [0.5, 0.6) is 0 Å². The van der Waals surface area contributed by atoms with Crippen molar-refractivity contribution in [3.8, 4) is 0 Å². The van der Waals surface area contributed by atoms with Gasteiger partial charge in [0.25, 0.3) is 0 Å². The zero-order valence-electron chi connectivity index (χ0n) is 14.0. The third-order valence-electron chi connectivity index (χ3n) is 6.70. The van der Waals surface area contributed by atoms with Gasteiger partial charge in [-0.25, -0.2) is 0 Å². The molecule has 1 aromatic rings. The van der Waals surface area contributed by atoms with Gasteiger partial charge >= 0.3 is 0 Å². The molecule has 24 heavy (non-hydrogen) atoms. The third-order valence-corrected chi connectivity index (χ3v) is 7.24. The van der Waals surface area contributed by atoms with Gasteiger partial charge < -0.3 is 8.42 Å².